The number of rotatable bonds is 5. The Labute approximate surface area is 133 Å². The number of nitrogens with one attached hydrogen (secondary N) is 1. The van der Waals surface area contributed by atoms with Crippen LogP contribution in [0.5, 0.6) is 0 Å². The lowest BCUT2D eigenvalue weighted by molar-refractivity contribution is -0.119. The lowest BCUT2D eigenvalue weighted by Crippen LogP contribution is -2.20. The maximum Gasteiger partial charge on any atom is 0.348 e. The van der Waals surface area contributed by atoms with Crippen molar-refractivity contribution in [2.75, 3.05) is 11.9 Å². The molecule has 0 atom stereocenters. The molecule has 1 N–H and O–H groups in total. The molecule has 0 unspecified atom stereocenters. The highest BCUT2D eigenvalue weighted by Crippen LogP contribution is 2.18. The Morgan fingerprint density at radius 2 is 1.78 bits per heavy atom. The van der Waals surface area contributed by atoms with Gasteiger partial charge in [-0.25, -0.2) is 13.6 Å². The first-order valence-electron chi connectivity index (χ1n) is 6.39. The van der Waals surface area contributed by atoms with Gasteiger partial charge in [0.1, 0.15) is 4.88 Å². The number of halogens is 2. The molecule has 0 aliphatic carbocycles. The number of thiophene rings is 1. The minimum Gasteiger partial charge on any atom is -0.451 e. The molecule has 0 fully saturated rings. The van der Waals surface area contributed by atoms with Gasteiger partial charge in [0, 0.05) is 11.8 Å². The van der Waals surface area contributed by atoms with Gasteiger partial charge in [0.05, 0.1) is 4.88 Å². The average Bonchev–Trinajstić information content (AvgIpc) is 2.99. The third-order valence-electron chi connectivity index (χ3n) is 2.69. The molecule has 0 radical (unpaired) electrons. The SMILES string of the molecule is CC(=O)c1ccc(C(=O)OCC(=O)Nc2ccc(F)c(F)c2)s1. The molecule has 0 aliphatic heterocycles. The van der Waals surface area contributed by atoms with E-state index in [-0.39, 0.29) is 16.3 Å². The van der Waals surface area contributed by atoms with Crippen molar-refractivity contribution in [1.29, 1.82) is 0 Å². The van der Waals surface area contributed by atoms with E-state index < -0.39 is 30.1 Å². The van der Waals surface area contributed by atoms with Crippen LogP contribution in [0.2, 0.25) is 0 Å². The Hall–Kier alpha value is -2.61. The highest BCUT2D eigenvalue weighted by molar-refractivity contribution is 7.15. The fourth-order valence-corrected chi connectivity index (χ4v) is 2.41. The van der Waals surface area contributed by atoms with Crippen LogP contribution in [0.15, 0.2) is 30.3 Å². The maximum absolute atomic E-state index is 13.0. The second-order valence-electron chi connectivity index (χ2n) is 4.47. The Morgan fingerprint density at radius 3 is 2.39 bits per heavy atom. The minimum absolute atomic E-state index is 0.0416. The molecule has 0 saturated carbocycles. The topological polar surface area (TPSA) is 72.5 Å². The number of carbonyl (C=O) groups is 3. The summed E-state index contributed by atoms with van der Waals surface area (Å²) >= 11 is 0.961. The number of ether oxygens (including phenoxy) is 1. The summed E-state index contributed by atoms with van der Waals surface area (Å²) in [6, 6.07) is 5.78. The zero-order chi connectivity index (χ0) is 17.0. The van der Waals surface area contributed by atoms with Crippen LogP contribution in [-0.2, 0) is 9.53 Å². The van der Waals surface area contributed by atoms with Crippen molar-refractivity contribution in [3.63, 3.8) is 0 Å². The number of amides is 1. The number of ketones is 1. The van der Waals surface area contributed by atoms with Gasteiger partial charge in [0.15, 0.2) is 24.0 Å². The van der Waals surface area contributed by atoms with Crippen molar-refractivity contribution in [1.82, 2.24) is 0 Å². The first-order valence-corrected chi connectivity index (χ1v) is 7.21. The summed E-state index contributed by atoms with van der Waals surface area (Å²) in [4.78, 5) is 35.1. The number of carbonyl (C=O) groups excluding carboxylic acids is 3. The van der Waals surface area contributed by atoms with Gasteiger partial charge >= 0.3 is 5.97 Å². The van der Waals surface area contributed by atoms with Crippen molar-refractivity contribution < 1.29 is 27.9 Å². The van der Waals surface area contributed by atoms with E-state index in [1.54, 1.807) is 0 Å². The first kappa shape index (κ1) is 16.8. The van der Waals surface area contributed by atoms with Gasteiger partial charge < -0.3 is 10.1 Å². The highest BCUT2D eigenvalue weighted by atomic mass is 32.1. The Morgan fingerprint density at radius 1 is 1.09 bits per heavy atom. The van der Waals surface area contributed by atoms with Gasteiger partial charge in [-0.3, -0.25) is 9.59 Å². The second-order valence-corrected chi connectivity index (χ2v) is 5.56. The molecule has 1 heterocycles. The van der Waals surface area contributed by atoms with E-state index in [0.717, 1.165) is 23.5 Å². The number of anilines is 1. The van der Waals surface area contributed by atoms with Crippen LogP contribution in [0.1, 0.15) is 26.3 Å². The summed E-state index contributed by atoms with van der Waals surface area (Å²) in [5.41, 5.74) is 0.0416. The number of hydrogen-bond acceptors (Lipinski definition) is 5. The van der Waals surface area contributed by atoms with Gasteiger partial charge in [0.2, 0.25) is 0 Å². The summed E-state index contributed by atoms with van der Waals surface area (Å²) in [6.45, 7) is 0.779. The van der Waals surface area contributed by atoms with Crippen molar-refractivity contribution in [2.24, 2.45) is 0 Å². The predicted octanol–water partition coefficient (Wildman–Crippen LogP) is 3.02. The van der Waals surface area contributed by atoms with Gasteiger partial charge in [0.25, 0.3) is 5.91 Å². The predicted molar refractivity (Wildman–Crippen MR) is 79.6 cm³/mol. The number of hydrogen-bond donors (Lipinski definition) is 1. The Balaban J connectivity index is 1.89. The molecule has 120 valence electrons. The third kappa shape index (κ3) is 4.43. The van der Waals surface area contributed by atoms with E-state index in [9.17, 15) is 23.2 Å². The zero-order valence-electron chi connectivity index (χ0n) is 11.9. The Bertz CT molecular complexity index is 773. The van der Waals surface area contributed by atoms with Crippen LogP contribution in [0.25, 0.3) is 0 Å². The van der Waals surface area contributed by atoms with E-state index in [1.807, 2.05) is 0 Å². The van der Waals surface area contributed by atoms with Crippen LogP contribution in [-0.4, -0.2) is 24.3 Å². The second kappa shape index (κ2) is 7.10. The van der Waals surface area contributed by atoms with Crippen LogP contribution >= 0.6 is 11.3 Å². The largest absolute Gasteiger partial charge is 0.451 e. The van der Waals surface area contributed by atoms with Gasteiger partial charge in [-0.2, -0.15) is 0 Å². The fraction of sp³-hybridized carbons (Fsp3) is 0.133. The molecular formula is C15H11F2NO4S. The summed E-state index contributed by atoms with van der Waals surface area (Å²) < 4.78 is 30.5. The van der Waals surface area contributed by atoms with Crippen LogP contribution in [0, 0.1) is 11.6 Å². The zero-order valence-corrected chi connectivity index (χ0v) is 12.7. The van der Waals surface area contributed by atoms with Crippen LogP contribution < -0.4 is 5.32 Å². The molecule has 23 heavy (non-hydrogen) atoms. The van der Waals surface area contributed by atoms with Crippen molar-refractivity contribution in [3.8, 4) is 0 Å². The third-order valence-corrected chi connectivity index (χ3v) is 3.86. The lowest BCUT2D eigenvalue weighted by atomic mass is 10.3. The molecule has 5 nitrogen and oxygen atoms in total. The maximum atomic E-state index is 13.0. The standard InChI is InChI=1S/C15H11F2NO4S/c1-8(19)12-4-5-13(23-12)15(21)22-7-14(20)18-9-2-3-10(16)11(17)6-9/h2-6H,7H2,1H3,(H,18,20). The number of Topliss-reactive ketones (excluding diaryl/α,β-unsaturated/α-hetero) is 1. The first-order chi connectivity index (χ1) is 10.9. The molecule has 0 spiro atoms. The number of benzene rings is 1. The molecule has 2 rings (SSSR count). The van der Waals surface area contributed by atoms with E-state index >= 15 is 0 Å². The molecule has 2 aromatic rings. The quantitative estimate of drug-likeness (QED) is 0.671. The lowest BCUT2D eigenvalue weighted by Gasteiger charge is -2.06. The van der Waals surface area contributed by atoms with E-state index in [2.05, 4.69) is 5.32 Å². The monoisotopic (exact) mass is 339 g/mol. The normalized spacial score (nSPS) is 10.2. The van der Waals surface area contributed by atoms with Gasteiger partial charge in [-0.15, -0.1) is 11.3 Å². The van der Waals surface area contributed by atoms with E-state index in [1.165, 1.54) is 25.1 Å². The van der Waals surface area contributed by atoms with E-state index in [0.29, 0.717) is 4.88 Å². The molecule has 0 aliphatic rings. The number of esters is 1. The molecule has 1 aromatic carbocycles. The van der Waals surface area contributed by atoms with Crippen molar-refractivity contribution >= 4 is 34.7 Å². The van der Waals surface area contributed by atoms with Crippen LogP contribution in [0.4, 0.5) is 14.5 Å². The van der Waals surface area contributed by atoms with Crippen molar-refractivity contribution in [2.45, 2.75) is 6.92 Å². The molecule has 0 bridgehead atoms. The molecule has 1 aromatic heterocycles. The average molecular weight is 339 g/mol. The summed E-state index contributed by atoms with van der Waals surface area (Å²) in [6.07, 6.45) is 0. The van der Waals surface area contributed by atoms with E-state index in [4.69, 9.17) is 4.74 Å². The van der Waals surface area contributed by atoms with Crippen molar-refractivity contribution in [3.05, 3.63) is 51.7 Å². The fourth-order valence-electron chi connectivity index (χ4n) is 1.61. The molecule has 1 amide bonds. The van der Waals surface area contributed by atoms with Gasteiger partial charge in [-0.05, 0) is 31.2 Å². The summed E-state index contributed by atoms with van der Waals surface area (Å²) in [5, 5.41) is 2.27. The molecule has 8 heteroatoms. The van der Waals surface area contributed by atoms with Crippen LogP contribution in [0.3, 0.4) is 0 Å². The summed E-state index contributed by atoms with van der Waals surface area (Å²) in [7, 11) is 0. The van der Waals surface area contributed by atoms with Gasteiger partial charge in [-0.1, -0.05) is 0 Å². The highest BCUT2D eigenvalue weighted by Gasteiger charge is 2.14. The Kier molecular flexibility index (Phi) is 5.17. The minimum atomic E-state index is -1.10. The molecular weight excluding hydrogens is 328 g/mol. The molecule has 0 saturated heterocycles. The smallest absolute Gasteiger partial charge is 0.348 e. The summed E-state index contributed by atoms with van der Waals surface area (Å²) in [5.74, 6) is -3.76.